The highest BCUT2D eigenvalue weighted by molar-refractivity contribution is 5.70. The zero-order chi connectivity index (χ0) is 14.2. The summed E-state index contributed by atoms with van der Waals surface area (Å²) in [6.07, 6.45) is 0. The van der Waals surface area contributed by atoms with E-state index in [1.54, 1.807) is 0 Å². The second kappa shape index (κ2) is 5.33. The summed E-state index contributed by atoms with van der Waals surface area (Å²) in [6.45, 7) is 10.1. The van der Waals surface area contributed by atoms with Gasteiger partial charge in [0.25, 0.3) is 0 Å². The number of hydrogen-bond acceptors (Lipinski definition) is 2. The number of nitrogens with zero attached hydrogens (tertiary/aromatic N) is 1. The lowest BCUT2D eigenvalue weighted by molar-refractivity contribution is -0.146. The maximum Gasteiger partial charge on any atom is 0.306 e. The lowest BCUT2D eigenvalue weighted by atomic mass is 9.84. The van der Waals surface area contributed by atoms with Crippen molar-refractivity contribution in [1.82, 2.24) is 4.90 Å². The van der Waals surface area contributed by atoms with Crippen molar-refractivity contribution in [2.75, 3.05) is 13.1 Å². The second-order valence-electron chi connectivity index (χ2n) is 5.88. The highest BCUT2D eigenvalue weighted by atomic mass is 16.4. The Balaban J connectivity index is 2.00. The Labute approximate surface area is 115 Å². The molecule has 2 unspecified atom stereocenters. The van der Waals surface area contributed by atoms with E-state index in [9.17, 15) is 4.79 Å². The minimum atomic E-state index is -0.677. The fourth-order valence-corrected chi connectivity index (χ4v) is 2.87. The summed E-state index contributed by atoms with van der Waals surface area (Å²) in [5, 5.41) is 9.02. The number of benzene rings is 1. The van der Waals surface area contributed by atoms with Crippen molar-refractivity contribution in [3.05, 3.63) is 34.9 Å². The number of carboxylic acids is 1. The first-order chi connectivity index (χ1) is 8.90. The number of aryl methyl sites for hydroxylation is 2. The highest BCUT2D eigenvalue weighted by Crippen LogP contribution is 2.33. The molecule has 1 heterocycles. The second-order valence-corrected chi connectivity index (χ2v) is 5.88. The van der Waals surface area contributed by atoms with Crippen LogP contribution < -0.4 is 0 Å². The van der Waals surface area contributed by atoms with E-state index in [0.29, 0.717) is 12.0 Å². The number of carbonyl (C=O) groups is 1. The van der Waals surface area contributed by atoms with Gasteiger partial charge in [0.2, 0.25) is 0 Å². The van der Waals surface area contributed by atoms with Crippen LogP contribution in [0.2, 0.25) is 0 Å². The molecule has 104 valence electrons. The topological polar surface area (TPSA) is 40.5 Å². The average molecular weight is 261 g/mol. The first kappa shape index (κ1) is 14.1. The fraction of sp³-hybridized carbons (Fsp3) is 0.562. The third-order valence-corrected chi connectivity index (χ3v) is 4.46. The molecule has 1 fully saturated rings. The minimum Gasteiger partial charge on any atom is -0.481 e. The third-order valence-electron chi connectivity index (χ3n) is 4.46. The van der Waals surface area contributed by atoms with Gasteiger partial charge in [0.15, 0.2) is 0 Å². The molecule has 2 atom stereocenters. The monoisotopic (exact) mass is 261 g/mol. The summed E-state index contributed by atoms with van der Waals surface area (Å²) in [5.41, 5.74) is 3.96. The van der Waals surface area contributed by atoms with Gasteiger partial charge in [0.05, 0.1) is 5.92 Å². The van der Waals surface area contributed by atoms with Gasteiger partial charge in [-0.05, 0) is 37.8 Å². The Hall–Kier alpha value is -1.35. The number of likely N-dealkylation sites (tertiary alicyclic amines) is 1. The molecule has 0 aliphatic carbocycles. The van der Waals surface area contributed by atoms with Gasteiger partial charge < -0.3 is 5.11 Å². The van der Waals surface area contributed by atoms with Crippen LogP contribution in [0.3, 0.4) is 0 Å². The quantitative estimate of drug-likeness (QED) is 0.905. The Morgan fingerprint density at radius 2 is 1.95 bits per heavy atom. The summed E-state index contributed by atoms with van der Waals surface area (Å²) >= 11 is 0. The van der Waals surface area contributed by atoms with E-state index in [-0.39, 0.29) is 5.92 Å². The van der Waals surface area contributed by atoms with Crippen LogP contribution in [0.5, 0.6) is 0 Å². The van der Waals surface area contributed by atoms with Gasteiger partial charge >= 0.3 is 5.97 Å². The molecule has 1 aromatic rings. The lowest BCUT2D eigenvalue weighted by Crippen LogP contribution is -2.51. The molecule has 3 heteroatoms. The zero-order valence-corrected chi connectivity index (χ0v) is 12.2. The van der Waals surface area contributed by atoms with E-state index >= 15 is 0 Å². The Morgan fingerprint density at radius 3 is 2.47 bits per heavy atom. The molecule has 0 bridgehead atoms. The Morgan fingerprint density at radius 1 is 1.32 bits per heavy atom. The largest absolute Gasteiger partial charge is 0.481 e. The van der Waals surface area contributed by atoms with Gasteiger partial charge in [-0.1, -0.05) is 30.7 Å². The standard InChI is InChI=1S/C16H23NO2/c1-10-5-6-15(11(2)7-10)13(4)17-8-14(9-17)12(3)16(18)19/h5-7,12-14H,8-9H2,1-4H3,(H,18,19). The molecule has 0 amide bonds. The number of hydrogen-bond donors (Lipinski definition) is 1. The molecular formula is C16H23NO2. The maximum absolute atomic E-state index is 11.0. The molecular weight excluding hydrogens is 238 g/mol. The molecule has 0 aromatic heterocycles. The van der Waals surface area contributed by atoms with E-state index in [1.165, 1.54) is 16.7 Å². The average Bonchev–Trinajstić information content (AvgIpc) is 2.26. The van der Waals surface area contributed by atoms with Crippen molar-refractivity contribution < 1.29 is 9.90 Å². The van der Waals surface area contributed by atoms with Crippen LogP contribution in [-0.4, -0.2) is 29.1 Å². The molecule has 1 aromatic carbocycles. The van der Waals surface area contributed by atoms with Gasteiger partial charge in [-0.25, -0.2) is 0 Å². The van der Waals surface area contributed by atoms with Crippen LogP contribution in [0.15, 0.2) is 18.2 Å². The molecule has 3 nitrogen and oxygen atoms in total. The molecule has 0 radical (unpaired) electrons. The minimum absolute atomic E-state index is 0.234. The first-order valence-corrected chi connectivity index (χ1v) is 6.94. The van der Waals surface area contributed by atoms with Crippen LogP contribution in [0.4, 0.5) is 0 Å². The van der Waals surface area contributed by atoms with Crippen molar-refractivity contribution in [3.8, 4) is 0 Å². The molecule has 1 N–H and O–H groups in total. The summed E-state index contributed by atoms with van der Waals surface area (Å²) in [6, 6.07) is 6.93. The van der Waals surface area contributed by atoms with Gasteiger partial charge in [0, 0.05) is 19.1 Å². The molecule has 0 saturated carbocycles. The van der Waals surface area contributed by atoms with Gasteiger partial charge in [-0.15, -0.1) is 0 Å². The Kier molecular flexibility index (Phi) is 3.95. The van der Waals surface area contributed by atoms with E-state index in [4.69, 9.17) is 5.11 Å². The number of carboxylic acid groups (broad SMARTS) is 1. The summed E-state index contributed by atoms with van der Waals surface area (Å²) < 4.78 is 0. The van der Waals surface area contributed by atoms with Gasteiger partial charge in [-0.3, -0.25) is 9.69 Å². The predicted molar refractivity (Wildman–Crippen MR) is 76.2 cm³/mol. The summed E-state index contributed by atoms with van der Waals surface area (Å²) in [7, 11) is 0. The number of rotatable bonds is 4. The molecule has 1 aliphatic heterocycles. The SMILES string of the molecule is Cc1ccc(C(C)N2CC(C(C)C(=O)O)C2)c(C)c1. The molecule has 0 spiro atoms. The number of aliphatic carboxylic acids is 1. The van der Waals surface area contributed by atoms with Gasteiger partial charge in [0.1, 0.15) is 0 Å². The molecule has 2 rings (SSSR count). The van der Waals surface area contributed by atoms with Crippen LogP contribution in [-0.2, 0) is 4.79 Å². The zero-order valence-electron chi connectivity index (χ0n) is 12.2. The maximum atomic E-state index is 11.0. The predicted octanol–water partition coefficient (Wildman–Crippen LogP) is 3.02. The fourth-order valence-electron chi connectivity index (χ4n) is 2.87. The highest BCUT2D eigenvalue weighted by Gasteiger charge is 2.37. The van der Waals surface area contributed by atoms with Crippen molar-refractivity contribution in [2.24, 2.45) is 11.8 Å². The van der Waals surface area contributed by atoms with Crippen LogP contribution in [0.25, 0.3) is 0 Å². The van der Waals surface area contributed by atoms with Gasteiger partial charge in [-0.2, -0.15) is 0 Å². The van der Waals surface area contributed by atoms with Crippen LogP contribution >= 0.6 is 0 Å². The van der Waals surface area contributed by atoms with Crippen molar-refractivity contribution in [2.45, 2.75) is 33.7 Å². The summed E-state index contributed by atoms with van der Waals surface area (Å²) in [5.74, 6) is -0.614. The van der Waals surface area contributed by atoms with Crippen molar-refractivity contribution in [1.29, 1.82) is 0 Å². The Bertz CT molecular complexity index is 478. The van der Waals surface area contributed by atoms with E-state index in [2.05, 4.69) is 43.9 Å². The van der Waals surface area contributed by atoms with Crippen molar-refractivity contribution >= 4 is 5.97 Å². The first-order valence-electron chi connectivity index (χ1n) is 6.94. The molecule has 1 saturated heterocycles. The lowest BCUT2D eigenvalue weighted by Gasteiger charge is -2.45. The van der Waals surface area contributed by atoms with E-state index < -0.39 is 5.97 Å². The normalized spacial score (nSPS) is 19.8. The third kappa shape index (κ3) is 2.81. The molecule has 1 aliphatic rings. The smallest absolute Gasteiger partial charge is 0.306 e. The van der Waals surface area contributed by atoms with Crippen molar-refractivity contribution in [3.63, 3.8) is 0 Å². The van der Waals surface area contributed by atoms with E-state index in [1.807, 2.05) is 6.92 Å². The van der Waals surface area contributed by atoms with Crippen LogP contribution in [0, 0.1) is 25.7 Å². The summed E-state index contributed by atoms with van der Waals surface area (Å²) in [4.78, 5) is 13.3. The molecule has 19 heavy (non-hydrogen) atoms. The van der Waals surface area contributed by atoms with Crippen LogP contribution in [0.1, 0.15) is 36.6 Å². The van der Waals surface area contributed by atoms with E-state index in [0.717, 1.165) is 13.1 Å².